The molecular weight excluding hydrogens is 748 g/mol. The van der Waals surface area contributed by atoms with Crippen LogP contribution in [-0.4, -0.2) is 69.0 Å². The molecule has 2 rings (SSSR count). The number of nitrogens with one attached hydrogen (secondary N) is 3. The molecule has 0 spiro atoms. The number of carbonyl (C=O) groups excluding carboxylic acids is 2. The van der Waals surface area contributed by atoms with E-state index < -0.39 is 6.04 Å². The zero-order valence-electron chi connectivity index (χ0n) is 37.3. The number of rotatable bonds is 40. The van der Waals surface area contributed by atoms with Crippen molar-refractivity contribution in [2.75, 3.05) is 40.0 Å². The molecule has 0 saturated carbocycles. The lowest BCUT2D eigenvalue weighted by Gasteiger charge is -2.22. The summed E-state index contributed by atoms with van der Waals surface area (Å²) < 4.78 is 17.9. The Kier molecular flexibility index (Phi) is 34.9. The van der Waals surface area contributed by atoms with Crippen LogP contribution in [0.2, 0.25) is 0 Å². The number of methoxy groups -OCH3 is 1. The summed E-state index contributed by atoms with van der Waals surface area (Å²) in [6.07, 6.45) is 35.2. The van der Waals surface area contributed by atoms with Gasteiger partial charge in [-0.2, -0.15) is 0 Å². The fourth-order valence-electron chi connectivity index (χ4n) is 7.57. The van der Waals surface area contributed by atoms with Crippen LogP contribution in [0, 0.1) is 0 Å². The molecule has 0 saturated heterocycles. The van der Waals surface area contributed by atoms with Crippen molar-refractivity contribution in [2.24, 2.45) is 5.73 Å². The number of aromatic nitrogens is 1. The number of hydrogen-bond donors (Lipinski definition) is 4. The number of fused-ring (bicyclic) bond motifs is 1. The van der Waals surface area contributed by atoms with Crippen LogP contribution in [0.15, 0.2) is 24.4 Å². The summed E-state index contributed by atoms with van der Waals surface area (Å²) in [6, 6.07) is 5.11. The van der Waals surface area contributed by atoms with Crippen molar-refractivity contribution in [1.82, 2.24) is 15.6 Å². The van der Waals surface area contributed by atoms with Crippen LogP contribution in [0.25, 0.3) is 10.9 Å². The minimum absolute atomic E-state index is 0. The van der Waals surface area contributed by atoms with Gasteiger partial charge in [-0.05, 0) is 62.4 Å². The fraction of sp³-hybridized carbons (Fsp3) is 0.792. The van der Waals surface area contributed by atoms with Crippen LogP contribution in [0.5, 0.6) is 5.75 Å². The molecular formula is C48H87ClN4O5. The number of ether oxygens (including phenoxy) is 3. The van der Waals surface area contributed by atoms with Crippen LogP contribution >= 0.6 is 12.4 Å². The number of halogens is 1. The van der Waals surface area contributed by atoms with Gasteiger partial charge in [0.1, 0.15) is 11.8 Å². The maximum absolute atomic E-state index is 13.6. The van der Waals surface area contributed by atoms with Gasteiger partial charge in [0.2, 0.25) is 11.8 Å². The lowest BCUT2D eigenvalue weighted by molar-refractivity contribution is -0.129. The predicted octanol–water partition coefficient (Wildman–Crippen LogP) is 11.7. The van der Waals surface area contributed by atoms with Gasteiger partial charge < -0.3 is 35.6 Å². The Bertz CT molecular complexity index is 1260. The summed E-state index contributed by atoms with van der Waals surface area (Å²) in [7, 11) is 1.63. The smallest absolute Gasteiger partial charge is 0.242 e. The predicted molar refractivity (Wildman–Crippen MR) is 246 cm³/mol. The van der Waals surface area contributed by atoms with Crippen LogP contribution in [0.4, 0.5) is 0 Å². The molecule has 1 heterocycles. The first-order chi connectivity index (χ1) is 28.0. The molecule has 2 amide bonds. The number of H-pyrrole nitrogens is 1. The summed E-state index contributed by atoms with van der Waals surface area (Å²) in [5, 5.41) is 7.05. The minimum atomic E-state index is -0.650. The van der Waals surface area contributed by atoms with Crippen molar-refractivity contribution in [3.8, 4) is 5.75 Å². The van der Waals surface area contributed by atoms with E-state index >= 15 is 0 Å². The normalized spacial score (nSPS) is 12.3. The van der Waals surface area contributed by atoms with E-state index in [2.05, 4.69) is 29.5 Å². The Labute approximate surface area is 360 Å². The molecule has 336 valence electrons. The van der Waals surface area contributed by atoms with Gasteiger partial charge in [0.25, 0.3) is 0 Å². The second-order valence-electron chi connectivity index (χ2n) is 16.4. The first kappa shape index (κ1) is 53.7. The third-order valence-corrected chi connectivity index (χ3v) is 11.2. The molecule has 0 bridgehead atoms. The number of nitrogens with two attached hydrogens (primary N) is 1. The van der Waals surface area contributed by atoms with Crippen molar-refractivity contribution in [2.45, 2.75) is 206 Å². The van der Waals surface area contributed by atoms with Crippen molar-refractivity contribution in [3.63, 3.8) is 0 Å². The molecule has 5 N–H and O–H groups in total. The number of benzene rings is 1. The molecule has 2 atom stereocenters. The zero-order valence-corrected chi connectivity index (χ0v) is 38.1. The van der Waals surface area contributed by atoms with Crippen LogP contribution in [0.3, 0.4) is 0 Å². The van der Waals surface area contributed by atoms with Gasteiger partial charge in [-0.3, -0.25) is 9.59 Å². The van der Waals surface area contributed by atoms with Gasteiger partial charge in [-0.15, -0.1) is 12.4 Å². The third-order valence-electron chi connectivity index (χ3n) is 11.2. The highest BCUT2D eigenvalue weighted by atomic mass is 35.5. The largest absolute Gasteiger partial charge is 0.497 e. The van der Waals surface area contributed by atoms with Crippen molar-refractivity contribution < 1.29 is 23.8 Å². The van der Waals surface area contributed by atoms with Crippen molar-refractivity contribution in [1.29, 1.82) is 0 Å². The van der Waals surface area contributed by atoms with Crippen LogP contribution < -0.4 is 21.1 Å². The molecule has 9 nitrogen and oxygen atoms in total. The van der Waals surface area contributed by atoms with Crippen LogP contribution in [-0.2, 0) is 25.5 Å². The summed E-state index contributed by atoms with van der Waals surface area (Å²) >= 11 is 0. The number of carbonyl (C=O) groups is 2. The number of unbranched alkanes of at least 4 members (excludes halogenated alkanes) is 23. The second-order valence-corrected chi connectivity index (χ2v) is 16.4. The van der Waals surface area contributed by atoms with E-state index in [1.54, 1.807) is 7.11 Å². The van der Waals surface area contributed by atoms with Gasteiger partial charge in [-0.25, -0.2) is 0 Å². The summed E-state index contributed by atoms with van der Waals surface area (Å²) in [4.78, 5) is 30.1. The van der Waals surface area contributed by atoms with Gasteiger partial charge in [0.15, 0.2) is 0 Å². The van der Waals surface area contributed by atoms with Crippen molar-refractivity contribution in [3.05, 3.63) is 30.0 Å². The quantitative estimate of drug-likeness (QED) is 0.0495. The van der Waals surface area contributed by atoms with E-state index in [-0.39, 0.29) is 36.7 Å². The van der Waals surface area contributed by atoms with Crippen molar-refractivity contribution >= 4 is 35.1 Å². The lowest BCUT2D eigenvalue weighted by Crippen LogP contribution is -2.49. The van der Waals surface area contributed by atoms with E-state index in [0.717, 1.165) is 54.3 Å². The maximum atomic E-state index is 13.6. The third kappa shape index (κ3) is 26.7. The molecule has 1 aromatic heterocycles. The first-order valence-corrected chi connectivity index (χ1v) is 23.6. The maximum Gasteiger partial charge on any atom is 0.242 e. The molecule has 0 aliphatic rings. The van der Waals surface area contributed by atoms with Gasteiger partial charge >= 0.3 is 0 Å². The Balaban J connectivity index is 0.0000168. The second kappa shape index (κ2) is 37.7. The monoisotopic (exact) mass is 835 g/mol. The molecule has 0 radical (unpaired) electrons. The molecule has 0 fully saturated rings. The summed E-state index contributed by atoms with van der Waals surface area (Å²) in [5.74, 6) is 0.342. The number of hydrogen-bond acceptors (Lipinski definition) is 6. The highest BCUT2D eigenvalue weighted by molar-refractivity contribution is 5.92. The SMILES string of the molecule is CCCCCCCCCCCCCCOCC(CNC(=O)[C@H](CCCCN)NC(=O)Cc1c[nH]c2ccc(OC)cc12)OCCCCCCCCCCCCCC.Cl. The molecule has 1 aromatic carbocycles. The zero-order chi connectivity index (χ0) is 41.0. The number of aromatic amines is 1. The Morgan fingerprint density at radius 3 is 1.78 bits per heavy atom. The molecule has 10 heteroatoms. The number of amides is 2. The summed E-state index contributed by atoms with van der Waals surface area (Å²) in [6.45, 7) is 7.26. The molecule has 2 aromatic rings. The summed E-state index contributed by atoms with van der Waals surface area (Å²) in [5.41, 5.74) is 7.57. The standard InChI is InChI=1S/C48H86N4O5.ClH/c1-4-6-8-10-12-14-16-18-20-22-24-28-34-56-40-43(57-35-29-25-23-21-19-17-15-13-11-9-7-5-2)39-51-48(54)46(30-26-27-33-49)52-47(53)36-41-38-50-45-32-31-42(55-3)37-44(41)45;/h31-32,37-38,43,46,50H,4-30,33-36,39-40,49H2,1-3H3,(H,51,54)(H,52,53);1H/t43?,46-;/m0./s1. The van der Waals surface area contributed by atoms with E-state index in [0.29, 0.717) is 39.3 Å². The van der Waals surface area contributed by atoms with E-state index in [1.807, 2.05) is 24.4 Å². The topological polar surface area (TPSA) is 128 Å². The highest BCUT2D eigenvalue weighted by Crippen LogP contribution is 2.24. The van der Waals surface area contributed by atoms with Gasteiger partial charge in [-0.1, -0.05) is 155 Å². The molecule has 0 aliphatic carbocycles. The average Bonchev–Trinajstić information content (AvgIpc) is 3.62. The Morgan fingerprint density at radius 1 is 0.707 bits per heavy atom. The van der Waals surface area contributed by atoms with Gasteiger partial charge in [0, 0.05) is 36.9 Å². The highest BCUT2D eigenvalue weighted by Gasteiger charge is 2.22. The Morgan fingerprint density at radius 2 is 1.24 bits per heavy atom. The molecule has 58 heavy (non-hydrogen) atoms. The van der Waals surface area contributed by atoms with E-state index in [1.165, 1.54) is 135 Å². The fourth-order valence-corrected chi connectivity index (χ4v) is 7.57. The molecule has 0 aliphatic heterocycles. The molecule has 1 unspecified atom stereocenters. The van der Waals surface area contributed by atoms with E-state index in [4.69, 9.17) is 19.9 Å². The van der Waals surface area contributed by atoms with Gasteiger partial charge in [0.05, 0.1) is 26.2 Å². The van der Waals surface area contributed by atoms with E-state index in [9.17, 15) is 9.59 Å². The Hall–Kier alpha value is -2.33. The first-order valence-electron chi connectivity index (χ1n) is 23.6. The minimum Gasteiger partial charge on any atom is -0.497 e. The lowest BCUT2D eigenvalue weighted by atomic mass is 10.1. The average molecular weight is 836 g/mol. The van der Waals surface area contributed by atoms with Crippen LogP contribution in [0.1, 0.15) is 193 Å².